The van der Waals surface area contributed by atoms with Crippen molar-refractivity contribution in [1.29, 1.82) is 0 Å². The van der Waals surface area contributed by atoms with E-state index >= 15 is 0 Å². The smallest absolute Gasteiger partial charge is 0.188 e. The summed E-state index contributed by atoms with van der Waals surface area (Å²) >= 11 is 0. The molecule has 2 aliphatic rings. The van der Waals surface area contributed by atoms with E-state index in [4.69, 9.17) is 9.47 Å². The van der Waals surface area contributed by atoms with Gasteiger partial charge in [-0.15, -0.1) is 10.2 Å². The van der Waals surface area contributed by atoms with E-state index in [1.165, 1.54) is 32.1 Å². The molecule has 1 aromatic carbocycles. The summed E-state index contributed by atoms with van der Waals surface area (Å²) in [7, 11) is 3.53. The number of ether oxygens (including phenoxy) is 2. The summed E-state index contributed by atoms with van der Waals surface area (Å²) in [6, 6.07) is 11.0. The minimum absolute atomic E-state index is 0.166. The Balaban J connectivity index is 1.35. The molecule has 3 heterocycles. The fourth-order valence-corrected chi connectivity index (χ4v) is 5.81. The van der Waals surface area contributed by atoms with Crippen molar-refractivity contribution in [2.24, 2.45) is 18.9 Å². The number of rotatable bonds is 6. The molecular formula is C26H29N5O2. The number of nitrogens with zero attached hydrogens (tertiary/aromatic N) is 5. The van der Waals surface area contributed by atoms with Crippen LogP contribution in [0, 0.1) is 11.8 Å². The lowest BCUT2D eigenvalue weighted by atomic mass is 9.85. The number of fused-ring (bicyclic) bond motifs is 3. The summed E-state index contributed by atoms with van der Waals surface area (Å²) in [5.74, 6) is 2.49. The summed E-state index contributed by atoms with van der Waals surface area (Å²) < 4.78 is 15.3. The average molecular weight is 444 g/mol. The second-order valence-electron chi connectivity index (χ2n) is 9.57. The topological polar surface area (TPSA) is 67.0 Å². The van der Waals surface area contributed by atoms with Crippen molar-refractivity contribution in [3.8, 4) is 28.1 Å². The summed E-state index contributed by atoms with van der Waals surface area (Å²) in [6.45, 7) is 0.166. The van der Waals surface area contributed by atoms with E-state index in [0.717, 1.165) is 51.0 Å². The van der Waals surface area contributed by atoms with Crippen LogP contribution in [0.4, 0.5) is 0 Å². The Morgan fingerprint density at radius 3 is 2.61 bits per heavy atom. The zero-order valence-electron chi connectivity index (χ0n) is 19.1. The van der Waals surface area contributed by atoms with Crippen molar-refractivity contribution in [2.45, 2.75) is 38.1 Å². The quantitative estimate of drug-likeness (QED) is 0.382. The number of methoxy groups -OCH3 is 1. The number of benzene rings is 1. The first-order valence-corrected chi connectivity index (χ1v) is 11.8. The van der Waals surface area contributed by atoms with Gasteiger partial charge in [-0.3, -0.25) is 4.68 Å². The molecule has 0 aliphatic heterocycles. The van der Waals surface area contributed by atoms with Gasteiger partial charge in [0.25, 0.3) is 0 Å². The van der Waals surface area contributed by atoms with Crippen LogP contribution >= 0.6 is 0 Å². The number of hydrogen-bond donors (Lipinski definition) is 0. The van der Waals surface area contributed by atoms with Crippen molar-refractivity contribution < 1.29 is 9.47 Å². The van der Waals surface area contributed by atoms with Crippen molar-refractivity contribution in [2.75, 3.05) is 13.9 Å². The zero-order valence-corrected chi connectivity index (χ0v) is 19.1. The van der Waals surface area contributed by atoms with Crippen molar-refractivity contribution in [1.82, 2.24) is 24.5 Å². The molecule has 2 aliphatic carbocycles. The van der Waals surface area contributed by atoms with E-state index in [1.807, 2.05) is 31.6 Å². The van der Waals surface area contributed by atoms with Crippen LogP contribution in [-0.4, -0.2) is 38.4 Å². The fraction of sp³-hybridized carbons (Fsp3) is 0.423. The van der Waals surface area contributed by atoms with Crippen LogP contribution in [0.25, 0.3) is 33.4 Å². The third kappa shape index (κ3) is 3.80. The van der Waals surface area contributed by atoms with Gasteiger partial charge in [0.15, 0.2) is 12.4 Å². The molecule has 4 aromatic rings. The predicted octanol–water partition coefficient (Wildman–Crippen LogP) is 5.23. The Morgan fingerprint density at radius 1 is 1.00 bits per heavy atom. The van der Waals surface area contributed by atoms with Crippen molar-refractivity contribution in [3.05, 3.63) is 48.9 Å². The highest BCUT2D eigenvalue weighted by Gasteiger charge is 2.35. The highest BCUT2D eigenvalue weighted by molar-refractivity contribution is 5.82. The SMILES string of the molecule is COCOc1cc(-c2cnn(C)c2)ccc1-c1cc2ccn(C3CC4CC[C@@H](C4)C3)c2nn1. The monoisotopic (exact) mass is 443 g/mol. The molecule has 3 aromatic heterocycles. The van der Waals surface area contributed by atoms with Crippen LogP contribution in [0.3, 0.4) is 0 Å². The van der Waals surface area contributed by atoms with Crippen LogP contribution in [0.2, 0.25) is 0 Å². The normalized spacial score (nSPS) is 22.2. The summed E-state index contributed by atoms with van der Waals surface area (Å²) in [6.07, 6.45) is 12.8. The minimum Gasteiger partial charge on any atom is -0.467 e. The van der Waals surface area contributed by atoms with Crippen LogP contribution in [-0.2, 0) is 11.8 Å². The molecule has 0 spiro atoms. The Morgan fingerprint density at radius 2 is 1.85 bits per heavy atom. The Hall–Kier alpha value is -3.19. The second-order valence-corrected chi connectivity index (χ2v) is 9.57. The van der Waals surface area contributed by atoms with Gasteiger partial charge in [-0.1, -0.05) is 18.9 Å². The van der Waals surface area contributed by atoms with Crippen molar-refractivity contribution >= 4 is 11.0 Å². The molecule has 0 amide bonds. The molecule has 3 atom stereocenters. The lowest BCUT2D eigenvalue weighted by molar-refractivity contribution is 0.0515. The summed E-state index contributed by atoms with van der Waals surface area (Å²) in [5.41, 5.74) is 4.75. The van der Waals surface area contributed by atoms with Crippen LogP contribution in [0.5, 0.6) is 5.75 Å². The molecule has 170 valence electrons. The summed E-state index contributed by atoms with van der Waals surface area (Å²) in [4.78, 5) is 0. The fourth-order valence-electron chi connectivity index (χ4n) is 5.81. The third-order valence-electron chi connectivity index (χ3n) is 7.34. The molecule has 2 bridgehead atoms. The Bertz CT molecular complexity index is 1280. The molecule has 6 rings (SSSR count). The lowest BCUT2D eigenvalue weighted by Gasteiger charge is -2.29. The van der Waals surface area contributed by atoms with Crippen molar-refractivity contribution in [3.63, 3.8) is 0 Å². The van der Waals surface area contributed by atoms with E-state index in [-0.39, 0.29) is 6.79 Å². The lowest BCUT2D eigenvalue weighted by Crippen LogP contribution is -2.19. The maximum atomic E-state index is 5.93. The molecule has 7 nitrogen and oxygen atoms in total. The molecule has 7 heteroatoms. The van der Waals surface area contributed by atoms with Gasteiger partial charge in [0.05, 0.1) is 11.9 Å². The van der Waals surface area contributed by atoms with Gasteiger partial charge in [0.1, 0.15) is 5.75 Å². The van der Waals surface area contributed by atoms with Crippen LogP contribution in [0.1, 0.15) is 38.1 Å². The van der Waals surface area contributed by atoms with Gasteiger partial charge in [-0.25, -0.2) is 0 Å². The largest absolute Gasteiger partial charge is 0.467 e. The zero-order chi connectivity index (χ0) is 22.4. The van der Waals surface area contributed by atoms with E-state index in [0.29, 0.717) is 6.04 Å². The molecular weight excluding hydrogens is 414 g/mol. The van der Waals surface area contributed by atoms with E-state index < -0.39 is 0 Å². The second kappa shape index (κ2) is 8.30. The molecule has 0 radical (unpaired) electrons. The molecule has 0 N–H and O–H groups in total. The highest BCUT2D eigenvalue weighted by Crippen LogP contribution is 2.47. The predicted molar refractivity (Wildman–Crippen MR) is 127 cm³/mol. The van der Waals surface area contributed by atoms with Gasteiger partial charge < -0.3 is 14.0 Å². The summed E-state index contributed by atoms with van der Waals surface area (Å²) in [5, 5.41) is 14.7. The maximum absolute atomic E-state index is 5.93. The molecule has 2 unspecified atom stereocenters. The Kier molecular flexibility index (Phi) is 5.14. The first-order chi connectivity index (χ1) is 16.2. The number of aryl methyl sites for hydroxylation is 1. The molecule has 0 saturated heterocycles. The molecule has 2 fully saturated rings. The first-order valence-electron chi connectivity index (χ1n) is 11.8. The van der Waals surface area contributed by atoms with Crippen LogP contribution < -0.4 is 4.74 Å². The minimum atomic E-state index is 0.166. The van der Waals surface area contributed by atoms with Gasteiger partial charge in [0.2, 0.25) is 0 Å². The standard InChI is InChI=1S/C26H29N5O2/c1-30-15-21(14-27-30)19-5-6-23(25(13-19)33-16-32-2)24-12-20-7-8-31(26(20)29-28-24)22-10-17-3-4-18(9-17)11-22/h5-8,12-15,17-18,22H,3-4,9-11,16H2,1-2H3/t17-,18?,22?/m0/s1. The van der Waals surface area contributed by atoms with Crippen LogP contribution in [0.15, 0.2) is 48.9 Å². The average Bonchev–Trinajstić information content (AvgIpc) is 3.55. The first kappa shape index (κ1) is 20.4. The van der Waals surface area contributed by atoms with E-state index in [9.17, 15) is 0 Å². The molecule has 2 saturated carbocycles. The Labute approximate surface area is 193 Å². The van der Waals surface area contributed by atoms with E-state index in [2.05, 4.69) is 44.3 Å². The molecule has 33 heavy (non-hydrogen) atoms. The highest BCUT2D eigenvalue weighted by atomic mass is 16.7. The third-order valence-corrected chi connectivity index (χ3v) is 7.34. The maximum Gasteiger partial charge on any atom is 0.188 e. The number of hydrogen-bond acceptors (Lipinski definition) is 5. The van der Waals surface area contributed by atoms with E-state index in [1.54, 1.807) is 11.8 Å². The number of aromatic nitrogens is 5. The van der Waals surface area contributed by atoms with Gasteiger partial charge >= 0.3 is 0 Å². The van der Waals surface area contributed by atoms with Gasteiger partial charge in [-0.05, 0) is 60.9 Å². The van der Waals surface area contributed by atoms with Gasteiger partial charge in [0, 0.05) is 49.1 Å². The van der Waals surface area contributed by atoms with Gasteiger partial charge in [-0.2, -0.15) is 5.10 Å².